The van der Waals surface area contributed by atoms with E-state index >= 15 is 0 Å². The molecule has 0 aliphatic heterocycles. The van der Waals surface area contributed by atoms with E-state index in [2.05, 4.69) is 31.3 Å². The van der Waals surface area contributed by atoms with E-state index in [1.165, 1.54) is 270 Å². The standard InChI is InChI=1S/C63H125N2O6P/c1-6-8-10-12-14-16-18-20-22-24-26-28-30-31-32-33-34-35-37-39-41-43-45-47-49-51-53-55-57-63(67)64-61(60-71-72(68,69)70-59-58-65(3,4)5)62(66)56-54-52-50-48-46-44-42-40-38-36-29-27-25-23-21-19-17-15-13-11-9-7-2/h31-32,54,56,61-62,66H,6-30,33-53,55,57-60H2,1-5H3,(H-,64,67,68,69)/p+1/b32-31-,56-54+. The molecule has 0 fully saturated rings. The number of phosphoric acid groups is 1. The summed E-state index contributed by atoms with van der Waals surface area (Å²) in [6, 6.07) is -0.846. The molecule has 428 valence electrons. The van der Waals surface area contributed by atoms with Gasteiger partial charge in [-0.05, 0) is 44.9 Å². The first-order chi connectivity index (χ1) is 35.0. The minimum Gasteiger partial charge on any atom is -0.387 e. The van der Waals surface area contributed by atoms with Gasteiger partial charge in [0.15, 0.2) is 0 Å². The molecule has 3 atom stereocenters. The number of aliphatic hydroxyl groups excluding tert-OH is 1. The maximum absolute atomic E-state index is 13.0. The summed E-state index contributed by atoms with van der Waals surface area (Å²) in [6.45, 7) is 4.87. The number of rotatable bonds is 59. The Kier molecular flexibility index (Phi) is 54.0. The Bertz CT molecular complexity index is 1220. The van der Waals surface area contributed by atoms with Gasteiger partial charge in [0, 0.05) is 6.42 Å². The Morgan fingerprint density at radius 2 is 0.750 bits per heavy atom. The van der Waals surface area contributed by atoms with Crippen molar-refractivity contribution in [3.63, 3.8) is 0 Å². The number of allylic oxidation sites excluding steroid dienone is 3. The van der Waals surface area contributed by atoms with Crippen LogP contribution in [0.25, 0.3) is 0 Å². The maximum Gasteiger partial charge on any atom is 0.472 e. The van der Waals surface area contributed by atoms with Gasteiger partial charge in [-0.15, -0.1) is 0 Å². The van der Waals surface area contributed by atoms with E-state index < -0.39 is 20.0 Å². The molecule has 0 aliphatic carbocycles. The van der Waals surface area contributed by atoms with Crippen LogP contribution in [0, 0.1) is 0 Å². The van der Waals surface area contributed by atoms with Gasteiger partial charge in [-0.3, -0.25) is 13.8 Å². The van der Waals surface area contributed by atoms with Crippen LogP contribution < -0.4 is 5.32 Å². The van der Waals surface area contributed by atoms with E-state index in [4.69, 9.17) is 9.05 Å². The summed E-state index contributed by atoms with van der Waals surface area (Å²) in [4.78, 5) is 23.4. The minimum absolute atomic E-state index is 0.0636. The highest BCUT2D eigenvalue weighted by Crippen LogP contribution is 2.43. The topological polar surface area (TPSA) is 105 Å². The van der Waals surface area contributed by atoms with Gasteiger partial charge in [-0.2, -0.15) is 0 Å². The van der Waals surface area contributed by atoms with Crippen molar-refractivity contribution in [2.75, 3.05) is 40.9 Å². The summed E-state index contributed by atoms with van der Waals surface area (Å²) in [7, 11) is 1.59. The van der Waals surface area contributed by atoms with Gasteiger partial charge in [0.2, 0.25) is 5.91 Å². The Morgan fingerprint density at radius 3 is 1.07 bits per heavy atom. The molecule has 0 aromatic heterocycles. The molecule has 0 radical (unpaired) electrons. The Morgan fingerprint density at radius 1 is 0.458 bits per heavy atom. The van der Waals surface area contributed by atoms with Crippen LogP contribution in [0.3, 0.4) is 0 Å². The van der Waals surface area contributed by atoms with Crippen molar-refractivity contribution in [3.05, 3.63) is 24.3 Å². The van der Waals surface area contributed by atoms with Crippen LogP contribution in [-0.2, 0) is 18.4 Å². The fraction of sp³-hybridized carbons (Fsp3) is 0.921. The summed E-state index contributed by atoms with van der Waals surface area (Å²) in [6.07, 6.45) is 70.1. The largest absolute Gasteiger partial charge is 0.472 e. The van der Waals surface area contributed by atoms with E-state index in [0.717, 1.165) is 32.1 Å². The molecule has 0 heterocycles. The predicted molar refractivity (Wildman–Crippen MR) is 314 cm³/mol. The first-order valence-corrected chi connectivity index (χ1v) is 33.2. The van der Waals surface area contributed by atoms with Gasteiger partial charge in [0.25, 0.3) is 0 Å². The second-order valence-electron chi connectivity index (χ2n) is 23.1. The highest BCUT2D eigenvalue weighted by atomic mass is 31.2. The first kappa shape index (κ1) is 71.0. The molecule has 72 heavy (non-hydrogen) atoms. The monoisotopic (exact) mass is 1040 g/mol. The molecular formula is C63H126N2O6P+. The molecule has 3 unspecified atom stereocenters. The van der Waals surface area contributed by atoms with Crippen molar-refractivity contribution in [2.45, 2.75) is 334 Å². The number of amides is 1. The van der Waals surface area contributed by atoms with Crippen LogP contribution in [0.4, 0.5) is 0 Å². The highest BCUT2D eigenvalue weighted by molar-refractivity contribution is 7.47. The van der Waals surface area contributed by atoms with E-state index in [0.29, 0.717) is 17.4 Å². The molecule has 8 nitrogen and oxygen atoms in total. The molecule has 0 aromatic rings. The van der Waals surface area contributed by atoms with Crippen LogP contribution >= 0.6 is 7.82 Å². The molecule has 0 aromatic carbocycles. The molecule has 0 saturated heterocycles. The summed E-state index contributed by atoms with van der Waals surface area (Å²) in [5.41, 5.74) is 0. The van der Waals surface area contributed by atoms with Crippen molar-refractivity contribution in [2.24, 2.45) is 0 Å². The van der Waals surface area contributed by atoms with Gasteiger partial charge < -0.3 is 19.8 Å². The molecule has 0 bridgehead atoms. The van der Waals surface area contributed by atoms with E-state index in [1.807, 2.05) is 27.2 Å². The van der Waals surface area contributed by atoms with E-state index in [1.54, 1.807) is 6.08 Å². The quantitative estimate of drug-likeness (QED) is 0.0243. The number of phosphoric ester groups is 1. The van der Waals surface area contributed by atoms with Crippen LogP contribution in [0.5, 0.6) is 0 Å². The third-order valence-electron chi connectivity index (χ3n) is 14.7. The maximum atomic E-state index is 13.0. The lowest BCUT2D eigenvalue weighted by molar-refractivity contribution is -0.870. The minimum atomic E-state index is -4.35. The molecule has 3 N–H and O–H groups in total. The SMILES string of the molecule is CCCCCCCCCCCCCC/C=C\CCCCCCCCCCCCCCC(=O)NC(COP(=O)(O)OCC[N+](C)(C)C)C(O)/C=C/CCCCCCCCCCCCCCCCCCCCCC. The van der Waals surface area contributed by atoms with Crippen molar-refractivity contribution < 1.29 is 32.9 Å². The summed E-state index contributed by atoms with van der Waals surface area (Å²) in [5.74, 6) is -0.172. The van der Waals surface area contributed by atoms with Gasteiger partial charge >= 0.3 is 7.82 Å². The van der Waals surface area contributed by atoms with Crippen LogP contribution in [0.2, 0.25) is 0 Å². The zero-order valence-electron chi connectivity index (χ0n) is 48.9. The second-order valence-corrected chi connectivity index (χ2v) is 24.6. The zero-order valence-corrected chi connectivity index (χ0v) is 49.8. The van der Waals surface area contributed by atoms with Crippen LogP contribution in [0.1, 0.15) is 322 Å². The molecule has 0 spiro atoms. The van der Waals surface area contributed by atoms with E-state index in [-0.39, 0.29) is 19.1 Å². The van der Waals surface area contributed by atoms with Crippen LogP contribution in [-0.4, -0.2) is 73.4 Å². The number of nitrogens with one attached hydrogen (secondary N) is 1. The average molecular weight is 1040 g/mol. The van der Waals surface area contributed by atoms with Crippen molar-refractivity contribution in [1.82, 2.24) is 5.32 Å². The number of aliphatic hydroxyl groups is 1. The fourth-order valence-corrected chi connectivity index (χ4v) is 10.4. The smallest absolute Gasteiger partial charge is 0.387 e. The lowest BCUT2D eigenvalue weighted by atomic mass is 10.0. The molecule has 1 amide bonds. The summed E-state index contributed by atoms with van der Waals surface area (Å²) in [5, 5.41) is 14.0. The summed E-state index contributed by atoms with van der Waals surface area (Å²) < 4.78 is 23.8. The van der Waals surface area contributed by atoms with E-state index in [9.17, 15) is 19.4 Å². The van der Waals surface area contributed by atoms with Crippen molar-refractivity contribution in [1.29, 1.82) is 0 Å². The lowest BCUT2D eigenvalue weighted by Gasteiger charge is -2.25. The Labute approximate surface area is 449 Å². The normalized spacial score (nSPS) is 13.9. The molecule has 0 rings (SSSR count). The highest BCUT2D eigenvalue weighted by Gasteiger charge is 2.28. The van der Waals surface area contributed by atoms with Gasteiger partial charge in [-0.25, -0.2) is 4.57 Å². The lowest BCUT2D eigenvalue weighted by Crippen LogP contribution is -2.45. The Hall–Kier alpha value is -1.02. The van der Waals surface area contributed by atoms with Gasteiger partial charge in [0.1, 0.15) is 13.2 Å². The first-order valence-electron chi connectivity index (χ1n) is 31.7. The number of hydrogen-bond donors (Lipinski definition) is 3. The number of nitrogens with zero attached hydrogens (tertiary/aromatic N) is 1. The third-order valence-corrected chi connectivity index (χ3v) is 15.6. The van der Waals surface area contributed by atoms with Crippen molar-refractivity contribution >= 4 is 13.7 Å². The number of likely N-dealkylation sites (N-methyl/N-ethyl adjacent to an activating group) is 1. The number of carbonyl (C=O) groups is 1. The molecule has 0 saturated carbocycles. The number of hydrogen-bond acceptors (Lipinski definition) is 5. The predicted octanol–water partition coefficient (Wildman–Crippen LogP) is 19.5. The summed E-state index contributed by atoms with van der Waals surface area (Å²) >= 11 is 0. The second kappa shape index (κ2) is 54.8. The molecular weight excluding hydrogens is 912 g/mol. The average Bonchev–Trinajstić information content (AvgIpc) is 3.34. The molecule has 0 aliphatic rings. The van der Waals surface area contributed by atoms with Crippen molar-refractivity contribution in [3.8, 4) is 0 Å². The van der Waals surface area contributed by atoms with Gasteiger partial charge in [-0.1, -0.05) is 295 Å². The Balaban J connectivity index is 4.11. The molecule has 9 heteroatoms. The van der Waals surface area contributed by atoms with Gasteiger partial charge in [0.05, 0.1) is 39.9 Å². The number of carbonyl (C=O) groups excluding carboxylic acids is 1. The third kappa shape index (κ3) is 56.7. The number of unbranched alkanes of at least 4 members (excludes halogenated alkanes) is 44. The number of quaternary nitrogens is 1. The zero-order chi connectivity index (χ0) is 52.7. The fourth-order valence-electron chi connectivity index (χ4n) is 9.69. The van der Waals surface area contributed by atoms with Crippen LogP contribution in [0.15, 0.2) is 24.3 Å².